The van der Waals surface area contributed by atoms with Crippen LogP contribution in [0.25, 0.3) is 10.2 Å². The van der Waals surface area contributed by atoms with Crippen LogP contribution in [0.15, 0.2) is 21.9 Å². The van der Waals surface area contributed by atoms with E-state index in [0.29, 0.717) is 35.7 Å². The Morgan fingerprint density at radius 2 is 2.17 bits per heavy atom. The third-order valence-electron chi connectivity index (χ3n) is 5.44. The minimum atomic E-state index is -0.180. The fourth-order valence-corrected chi connectivity index (χ4v) is 5.26. The summed E-state index contributed by atoms with van der Waals surface area (Å²) in [7, 11) is 0. The van der Waals surface area contributed by atoms with Gasteiger partial charge in [0.05, 0.1) is 18.5 Å². The Morgan fingerprint density at radius 3 is 2.90 bits per heavy atom. The Labute approximate surface area is 173 Å². The molecule has 1 aliphatic rings. The van der Waals surface area contributed by atoms with Gasteiger partial charge in [-0.3, -0.25) is 14.2 Å². The van der Waals surface area contributed by atoms with E-state index in [9.17, 15) is 9.59 Å². The summed E-state index contributed by atoms with van der Waals surface area (Å²) in [6.45, 7) is 8.95. The van der Waals surface area contributed by atoms with Gasteiger partial charge in [-0.05, 0) is 43.6 Å². The molecule has 7 heteroatoms. The molecule has 0 bridgehead atoms. The zero-order chi connectivity index (χ0) is 20.7. The highest BCUT2D eigenvalue weighted by Crippen LogP contribution is 2.35. The van der Waals surface area contributed by atoms with Crippen LogP contribution in [0, 0.1) is 18.8 Å². The van der Waals surface area contributed by atoms with E-state index in [0.717, 1.165) is 29.5 Å². The standard InChI is InChI=1S/C22H27N3O3S/c1-12(2)11-28-18-9-23-15(8-17(18)26)10-25-14(4)24-21-20(22(25)27)16-6-5-13(3)7-19(16)29-21/h8-9,12-13H,5-7,10-11H2,1-4H3,(H,23,26). The fourth-order valence-electron chi connectivity index (χ4n) is 3.84. The van der Waals surface area contributed by atoms with E-state index in [2.05, 4.69) is 11.9 Å². The van der Waals surface area contributed by atoms with Crippen LogP contribution in [-0.2, 0) is 19.4 Å². The molecular weight excluding hydrogens is 386 g/mol. The SMILES string of the molecule is Cc1nc2sc3c(c2c(=O)n1Cc1cc(=O)c(OCC(C)C)c[nH]1)CCC(C)C3. The van der Waals surface area contributed by atoms with Gasteiger partial charge in [-0.2, -0.15) is 0 Å². The van der Waals surface area contributed by atoms with Crippen molar-refractivity contribution in [3.05, 3.63) is 54.8 Å². The monoisotopic (exact) mass is 413 g/mol. The largest absolute Gasteiger partial charge is 0.488 e. The molecule has 1 N–H and O–H groups in total. The van der Waals surface area contributed by atoms with Crippen LogP contribution >= 0.6 is 11.3 Å². The first-order valence-electron chi connectivity index (χ1n) is 10.2. The first-order valence-corrected chi connectivity index (χ1v) is 11.0. The van der Waals surface area contributed by atoms with Crippen molar-refractivity contribution < 1.29 is 4.74 Å². The molecule has 0 saturated carbocycles. The lowest BCUT2D eigenvalue weighted by Crippen LogP contribution is -2.26. The third kappa shape index (κ3) is 3.88. The lowest BCUT2D eigenvalue weighted by molar-refractivity contribution is 0.267. The van der Waals surface area contributed by atoms with Gasteiger partial charge in [0.15, 0.2) is 5.75 Å². The minimum Gasteiger partial charge on any atom is -0.488 e. The van der Waals surface area contributed by atoms with Crippen LogP contribution in [0.4, 0.5) is 0 Å². The molecule has 3 aromatic heterocycles. The van der Waals surface area contributed by atoms with E-state index < -0.39 is 0 Å². The van der Waals surface area contributed by atoms with Crippen LogP contribution in [-0.4, -0.2) is 21.1 Å². The number of ether oxygens (including phenoxy) is 1. The molecule has 0 aromatic carbocycles. The molecule has 6 nitrogen and oxygen atoms in total. The summed E-state index contributed by atoms with van der Waals surface area (Å²) in [5.41, 5.74) is 1.65. The second kappa shape index (κ2) is 7.78. The van der Waals surface area contributed by atoms with Gasteiger partial charge in [0.2, 0.25) is 5.43 Å². The summed E-state index contributed by atoms with van der Waals surface area (Å²) in [5.74, 6) is 1.96. The van der Waals surface area contributed by atoms with Gasteiger partial charge < -0.3 is 9.72 Å². The van der Waals surface area contributed by atoms with E-state index in [1.807, 2.05) is 20.8 Å². The molecule has 3 aromatic rings. The molecule has 1 unspecified atom stereocenters. The van der Waals surface area contributed by atoms with Gasteiger partial charge in [0, 0.05) is 22.8 Å². The number of pyridine rings is 1. The number of aryl methyl sites for hydroxylation is 2. The molecular formula is C22H27N3O3S. The molecule has 4 rings (SSSR count). The summed E-state index contributed by atoms with van der Waals surface area (Å²) in [6.07, 6.45) is 4.66. The lowest BCUT2D eigenvalue weighted by atomic mass is 9.89. The average Bonchev–Trinajstić information content (AvgIpc) is 3.01. The van der Waals surface area contributed by atoms with Gasteiger partial charge in [0.25, 0.3) is 5.56 Å². The zero-order valence-corrected chi connectivity index (χ0v) is 18.2. The van der Waals surface area contributed by atoms with Gasteiger partial charge in [-0.15, -0.1) is 11.3 Å². The predicted molar refractivity (Wildman–Crippen MR) is 116 cm³/mol. The van der Waals surface area contributed by atoms with E-state index >= 15 is 0 Å². The number of rotatable bonds is 5. The summed E-state index contributed by atoms with van der Waals surface area (Å²) in [4.78, 5) is 35.6. The predicted octanol–water partition coefficient (Wildman–Crippen LogP) is 3.66. The number of fused-ring (bicyclic) bond motifs is 3. The Kier molecular flexibility index (Phi) is 5.34. The van der Waals surface area contributed by atoms with Crippen LogP contribution in [0.3, 0.4) is 0 Å². The first kappa shape index (κ1) is 19.9. The van der Waals surface area contributed by atoms with E-state index in [4.69, 9.17) is 9.72 Å². The van der Waals surface area contributed by atoms with Gasteiger partial charge in [0.1, 0.15) is 10.7 Å². The topological polar surface area (TPSA) is 77.0 Å². The third-order valence-corrected chi connectivity index (χ3v) is 6.59. The Morgan fingerprint density at radius 1 is 1.38 bits per heavy atom. The maximum atomic E-state index is 13.3. The number of aromatic nitrogens is 3. The van der Waals surface area contributed by atoms with Crippen molar-refractivity contribution in [3.63, 3.8) is 0 Å². The van der Waals surface area contributed by atoms with Crippen molar-refractivity contribution in [1.29, 1.82) is 0 Å². The highest BCUT2D eigenvalue weighted by molar-refractivity contribution is 7.18. The van der Waals surface area contributed by atoms with Crippen LogP contribution in [0.2, 0.25) is 0 Å². The number of hydrogen-bond acceptors (Lipinski definition) is 5. The average molecular weight is 414 g/mol. The Hall–Kier alpha value is -2.41. The lowest BCUT2D eigenvalue weighted by Gasteiger charge is -2.17. The van der Waals surface area contributed by atoms with Crippen molar-refractivity contribution in [1.82, 2.24) is 14.5 Å². The summed E-state index contributed by atoms with van der Waals surface area (Å²) < 4.78 is 7.21. The second-order valence-corrected chi connectivity index (χ2v) is 9.56. The van der Waals surface area contributed by atoms with Gasteiger partial charge in [-0.1, -0.05) is 20.8 Å². The first-order chi connectivity index (χ1) is 13.8. The maximum absolute atomic E-state index is 13.3. The molecule has 1 aliphatic carbocycles. The number of hydrogen-bond donors (Lipinski definition) is 1. The maximum Gasteiger partial charge on any atom is 0.262 e. The molecule has 154 valence electrons. The van der Waals surface area contributed by atoms with Crippen LogP contribution in [0.1, 0.15) is 49.2 Å². The number of H-pyrrole nitrogens is 1. The fraction of sp³-hybridized carbons (Fsp3) is 0.500. The highest BCUT2D eigenvalue weighted by Gasteiger charge is 2.24. The molecule has 0 spiro atoms. The van der Waals surface area contributed by atoms with Crippen molar-refractivity contribution in [2.75, 3.05) is 6.61 Å². The minimum absolute atomic E-state index is 0.0134. The summed E-state index contributed by atoms with van der Waals surface area (Å²) >= 11 is 1.66. The molecule has 0 amide bonds. The summed E-state index contributed by atoms with van der Waals surface area (Å²) in [6, 6.07) is 1.51. The molecule has 0 saturated heterocycles. The number of nitrogens with zero attached hydrogens (tertiary/aromatic N) is 2. The van der Waals surface area contributed by atoms with Crippen molar-refractivity contribution in [3.8, 4) is 5.75 Å². The van der Waals surface area contributed by atoms with E-state index in [1.54, 1.807) is 22.1 Å². The van der Waals surface area contributed by atoms with Crippen molar-refractivity contribution in [2.24, 2.45) is 11.8 Å². The highest BCUT2D eigenvalue weighted by atomic mass is 32.1. The van der Waals surface area contributed by atoms with E-state index in [-0.39, 0.29) is 17.5 Å². The smallest absolute Gasteiger partial charge is 0.262 e. The normalized spacial score (nSPS) is 16.4. The molecule has 0 fully saturated rings. The van der Waals surface area contributed by atoms with Gasteiger partial charge >= 0.3 is 0 Å². The second-order valence-electron chi connectivity index (χ2n) is 8.47. The van der Waals surface area contributed by atoms with E-state index in [1.165, 1.54) is 16.5 Å². The number of aromatic amines is 1. The van der Waals surface area contributed by atoms with Crippen molar-refractivity contribution >= 4 is 21.6 Å². The Balaban J connectivity index is 1.69. The molecule has 1 atom stereocenters. The van der Waals surface area contributed by atoms with Crippen LogP contribution < -0.4 is 15.7 Å². The van der Waals surface area contributed by atoms with Gasteiger partial charge in [-0.25, -0.2) is 4.98 Å². The number of nitrogens with one attached hydrogen (secondary N) is 1. The molecule has 0 radical (unpaired) electrons. The Bertz CT molecular complexity index is 1170. The molecule has 29 heavy (non-hydrogen) atoms. The zero-order valence-electron chi connectivity index (χ0n) is 17.4. The van der Waals surface area contributed by atoms with Crippen LogP contribution in [0.5, 0.6) is 5.75 Å². The van der Waals surface area contributed by atoms with Crippen molar-refractivity contribution in [2.45, 2.75) is 53.5 Å². The molecule has 3 heterocycles. The summed E-state index contributed by atoms with van der Waals surface area (Å²) in [5, 5.41) is 0.765. The number of thiophene rings is 1. The quantitative estimate of drug-likeness (QED) is 0.692. The molecule has 0 aliphatic heterocycles.